The van der Waals surface area contributed by atoms with Crippen molar-refractivity contribution < 1.29 is 5.11 Å². The van der Waals surface area contributed by atoms with Crippen LogP contribution in [0.4, 0.5) is 0 Å². The van der Waals surface area contributed by atoms with Crippen LogP contribution in [0.25, 0.3) is 0 Å². The van der Waals surface area contributed by atoms with E-state index in [1.54, 1.807) is 0 Å². The average Bonchev–Trinajstić information content (AvgIpc) is 2.05. The summed E-state index contributed by atoms with van der Waals surface area (Å²) in [6.07, 6.45) is 6.30. The molecule has 0 amide bonds. The van der Waals surface area contributed by atoms with Crippen LogP contribution < -0.4 is 5.73 Å². The Balaban J connectivity index is 3.85. The Bertz CT molecular complexity index is 117. The Kier molecular flexibility index (Phi) is 5.16. The molecule has 0 radical (unpaired) electrons. The fraction of sp³-hybridized carbons (Fsp3) is 0.778. The van der Waals surface area contributed by atoms with Crippen molar-refractivity contribution in [2.75, 3.05) is 13.2 Å². The minimum absolute atomic E-state index is 0.129. The van der Waals surface area contributed by atoms with Crippen LogP contribution in [0, 0.1) is 5.41 Å². The third-order valence-electron chi connectivity index (χ3n) is 1.80. The van der Waals surface area contributed by atoms with E-state index in [1.165, 1.54) is 0 Å². The summed E-state index contributed by atoms with van der Waals surface area (Å²) in [7, 11) is 0. The molecule has 0 spiro atoms. The van der Waals surface area contributed by atoms with E-state index in [1.807, 2.05) is 13.0 Å². The van der Waals surface area contributed by atoms with E-state index in [-0.39, 0.29) is 12.0 Å². The maximum Gasteiger partial charge on any atom is 0.0531 e. The normalized spacial score (nSPS) is 17.1. The summed E-state index contributed by atoms with van der Waals surface area (Å²) in [5.74, 6) is 0. The summed E-state index contributed by atoms with van der Waals surface area (Å²) in [4.78, 5) is 0. The van der Waals surface area contributed by atoms with Crippen LogP contribution in [0.2, 0.25) is 0 Å². The largest absolute Gasteiger partial charge is 0.395 e. The Hall–Kier alpha value is -0.340. The van der Waals surface area contributed by atoms with E-state index < -0.39 is 0 Å². The number of rotatable bonds is 5. The highest BCUT2D eigenvalue weighted by atomic mass is 16.3. The molecule has 0 fully saturated rings. The minimum Gasteiger partial charge on any atom is -0.395 e. The fourth-order valence-electron chi connectivity index (χ4n) is 0.720. The molecule has 66 valence electrons. The maximum absolute atomic E-state index is 8.95. The van der Waals surface area contributed by atoms with Gasteiger partial charge in [-0.05, 0) is 6.42 Å². The van der Waals surface area contributed by atoms with Crippen LogP contribution in [-0.2, 0) is 0 Å². The first-order chi connectivity index (χ1) is 5.18. The van der Waals surface area contributed by atoms with Gasteiger partial charge in [0.05, 0.1) is 6.61 Å². The zero-order chi connectivity index (χ0) is 8.74. The van der Waals surface area contributed by atoms with E-state index in [9.17, 15) is 0 Å². The lowest BCUT2D eigenvalue weighted by Gasteiger charge is -2.20. The summed E-state index contributed by atoms with van der Waals surface area (Å²) in [5, 5.41) is 8.95. The molecule has 2 nitrogen and oxygen atoms in total. The van der Waals surface area contributed by atoms with Crippen LogP contribution >= 0.6 is 0 Å². The highest BCUT2D eigenvalue weighted by molar-refractivity contribution is 4.97. The molecule has 0 saturated carbocycles. The molecular weight excluding hydrogens is 138 g/mol. The summed E-state index contributed by atoms with van der Waals surface area (Å²) < 4.78 is 0. The van der Waals surface area contributed by atoms with Gasteiger partial charge < -0.3 is 10.8 Å². The molecule has 0 aromatic heterocycles. The highest BCUT2D eigenvalue weighted by Crippen LogP contribution is 2.15. The number of nitrogens with two attached hydrogens (primary N) is 1. The van der Waals surface area contributed by atoms with Gasteiger partial charge in [-0.25, -0.2) is 0 Å². The predicted octanol–water partition coefficient (Wildman–Crippen LogP) is 1.30. The molecule has 0 aliphatic rings. The fourth-order valence-corrected chi connectivity index (χ4v) is 0.720. The van der Waals surface area contributed by atoms with Crippen LogP contribution in [0.1, 0.15) is 26.7 Å². The molecule has 0 aromatic rings. The Morgan fingerprint density at radius 1 is 1.55 bits per heavy atom. The lowest BCUT2D eigenvalue weighted by molar-refractivity contribution is 0.190. The van der Waals surface area contributed by atoms with Gasteiger partial charge >= 0.3 is 0 Å². The number of allylic oxidation sites excluding steroid dienone is 1. The van der Waals surface area contributed by atoms with Crippen molar-refractivity contribution >= 4 is 0 Å². The molecule has 1 unspecified atom stereocenters. The van der Waals surface area contributed by atoms with Gasteiger partial charge in [0, 0.05) is 12.0 Å². The number of aliphatic hydroxyl groups is 1. The van der Waals surface area contributed by atoms with Gasteiger partial charge in [-0.2, -0.15) is 0 Å². The first-order valence-corrected chi connectivity index (χ1v) is 4.17. The second kappa shape index (κ2) is 5.33. The zero-order valence-corrected chi connectivity index (χ0v) is 7.51. The summed E-state index contributed by atoms with van der Waals surface area (Å²) >= 11 is 0. The molecule has 0 aliphatic carbocycles. The molecule has 0 heterocycles. The number of unbranched alkanes of at least 4 members (excludes halogenated alkanes) is 1. The van der Waals surface area contributed by atoms with E-state index in [4.69, 9.17) is 10.8 Å². The Labute approximate surface area is 69.1 Å². The quantitative estimate of drug-likeness (QED) is 0.591. The number of hydrogen-bond acceptors (Lipinski definition) is 2. The van der Waals surface area contributed by atoms with Gasteiger partial charge in [-0.1, -0.05) is 32.4 Å². The van der Waals surface area contributed by atoms with E-state index in [2.05, 4.69) is 13.0 Å². The first kappa shape index (κ1) is 10.7. The lowest BCUT2D eigenvalue weighted by atomic mass is 9.91. The second-order valence-electron chi connectivity index (χ2n) is 3.21. The van der Waals surface area contributed by atoms with Crippen LogP contribution in [-0.4, -0.2) is 18.3 Å². The molecule has 0 rings (SSSR count). The standard InChI is InChI=1S/C9H19NO/c1-3-4-5-6-9(2,7-10)8-11/h5-6,11H,3-4,7-8,10H2,1-2H3/b6-5+. The van der Waals surface area contributed by atoms with Crippen molar-refractivity contribution in [2.24, 2.45) is 11.1 Å². The molecule has 3 N–H and O–H groups in total. The third-order valence-corrected chi connectivity index (χ3v) is 1.80. The van der Waals surface area contributed by atoms with Crippen molar-refractivity contribution in [3.8, 4) is 0 Å². The molecule has 0 aromatic carbocycles. The van der Waals surface area contributed by atoms with Gasteiger partial charge in [-0.3, -0.25) is 0 Å². The van der Waals surface area contributed by atoms with Crippen molar-refractivity contribution in [3.63, 3.8) is 0 Å². The Morgan fingerprint density at radius 2 is 2.18 bits per heavy atom. The predicted molar refractivity (Wildman–Crippen MR) is 48.3 cm³/mol. The van der Waals surface area contributed by atoms with Crippen LogP contribution in [0.15, 0.2) is 12.2 Å². The Morgan fingerprint density at radius 3 is 2.55 bits per heavy atom. The van der Waals surface area contributed by atoms with Gasteiger partial charge in [0.25, 0.3) is 0 Å². The van der Waals surface area contributed by atoms with Gasteiger partial charge in [0.2, 0.25) is 0 Å². The van der Waals surface area contributed by atoms with Crippen molar-refractivity contribution in [1.82, 2.24) is 0 Å². The average molecular weight is 157 g/mol. The number of hydrogen-bond donors (Lipinski definition) is 2. The molecule has 0 saturated heterocycles. The zero-order valence-electron chi connectivity index (χ0n) is 7.51. The van der Waals surface area contributed by atoms with Gasteiger partial charge in [0.1, 0.15) is 0 Å². The minimum atomic E-state index is -0.213. The van der Waals surface area contributed by atoms with Crippen molar-refractivity contribution in [3.05, 3.63) is 12.2 Å². The van der Waals surface area contributed by atoms with Gasteiger partial charge in [-0.15, -0.1) is 0 Å². The SMILES string of the molecule is CCC/C=C/C(C)(CN)CO. The molecule has 11 heavy (non-hydrogen) atoms. The molecular formula is C9H19NO. The van der Waals surface area contributed by atoms with E-state index >= 15 is 0 Å². The number of aliphatic hydroxyl groups excluding tert-OH is 1. The smallest absolute Gasteiger partial charge is 0.0531 e. The summed E-state index contributed by atoms with van der Waals surface area (Å²) in [6, 6.07) is 0. The first-order valence-electron chi connectivity index (χ1n) is 4.17. The highest BCUT2D eigenvalue weighted by Gasteiger charge is 2.16. The molecule has 1 atom stereocenters. The topological polar surface area (TPSA) is 46.2 Å². The second-order valence-corrected chi connectivity index (χ2v) is 3.21. The van der Waals surface area contributed by atoms with Crippen molar-refractivity contribution in [2.45, 2.75) is 26.7 Å². The summed E-state index contributed by atoms with van der Waals surface area (Å²) in [6.45, 7) is 4.72. The lowest BCUT2D eigenvalue weighted by Crippen LogP contribution is -2.28. The monoisotopic (exact) mass is 157 g/mol. The molecule has 0 bridgehead atoms. The van der Waals surface area contributed by atoms with E-state index in [0.29, 0.717) is 6.54 Å². The molecule has 0 aliphatic heterocycles. The van der Waals surface area contributed by atoms with Crippen molar-refractivity contribution in [1.29, 1.82) is 0 Å². The van der Waals surface area contributed by atoms with Gasteiger partial charge in [0.15, 0.2) is 0 Å². The van der Waals surface area contributed by atoms with E-state index in [0.717, 1.165) is 12.8 Å². The maximum atomic E-state index is 8.95. The van der Waals surface area contributed by atoms with Crippen LogP contribution in [0.3, 0.4) is 0 Å². The molecule has 2 heteroatoms. The van der Waals surface area contributed by atoms with Crippen LogP contribution in [0.5, 0.6) is 0 Å². The summed E-state index contributed by atoms with van der Waals surface area (Å²) in [5.41, 5.74) is 5.28. The third kappa shape index (κ3) is 4.17.